The van der Waals surface area contributed by atoms with E-state index in [0.717, 1.165) is 0 Å². The second-order valence-electron chi connectivity index (χ2n) is 4.08. The largest absolute Gasteiger partial charge is 0.466 e. The minimum atomic E-state index is -0.498. The molecule has 5 heteroatoms. The molecule has 0 aromatic heterocycles. The van der Waals surface area contributed by atoms with E-state index < -0.39 is 6.04 Å². The molecule has 3 N–H and O–H groups in total. The molecular weight excluding hydrogens is 208 g/mol. The lowest BCUT2D eigenvalue weighted by Gasteiger charge is -2.13. The van der Waals surface area contributed by atoms with Crippen LogP contribution >= 0.6 is 0 Å². The molecule has 1 amide bonds. The van der Waals surface area contributed by atoms with Crippen LogP contribution in [-0.2, 0) is 14.3 Å². The van der Waals surface area contributed by atoms with Gasteiger partial charge in [0.1, 0.15) is 0 Å². The summed E-state index contributed by atoms with van der Waals surface area (Å²) in [7, 11) is 0. The van der Waals surface area contributed by atoms with E-state index in [1.54, 1.807) is 6.92 Å². The van der Waals surface area contributed by atoms with Gasteiger partial charge in [0.15, 0.2) is 0 Å². The highest BCUT2D eigenvalue weighted by atomic mass is 16.5. The van der Waals surface area contributed by atoms with Crippen molar-refractivity contribution in [1.82, 2.24) is 5.32 Å². The fraction of sp³-hybridized carbons (Fsp3) is 0.818. The summed E-state index contributed by atoms with van der Waals surface area (Å²) in [6, 6.07) is -0.498. The molecule has 94 valence electrons. The Morgan fingerprint density at radius 3 is 2.50 bits per heavy atom. The number of esters is 1. The third kappa shape index (κ3) is 7.23. The molecule has 0 fully saturated rings. The maximum atomic E-state index is 11.4. The molecular formula is C11H22N2O3. The van der Waals surface area contributed by atoms with Crippen LogP contribution in [0.3, 0.4) is 0 Å². The first-order valence-corrected chi connectivity index (χ1v) is 5.66. The normalized spacial score (nSPS) is 12.3. The SMILES string of the molecule is CCOC(=O)CCNC(=O)C(N)CC(C)C. The molecule has 0 aromatic carbocycles. The van der Waals surface area contributed by atoms with Crippen LogP contribution in [0.1, 0.15) is 33.6 Å². The van der Waals surface area contributed by atoms with Gasteiger partial charge in [-0.25, -0.2) is 0 Å². The van der Waals surface area contributed by atoms with Gasteiger partial charge in [-0.3, -0.25) is 9.59 Å². The highest BCUT2D eigenvalue weighted by Crippen LogP contribution is 2.02. The first kappa shape index (κ1) is 14.9. The van der Waals surface area contributed by atoms with Gasteiger partial charge in [0.25, 0.3) is 0 Å². The molecule has 0 radical (unpaired) electrons. The van der Waals surface area contributed by atoms with Crippen LogP contribution in [-0.4, -0.2) is 31.1 Å². The van der Waals surface area contributed by atoms with Gasteiger partial charge >= 0.3 is 5.97 Å². The van der Waals surface area contributed by atoms with Crippen molar-refractivity contribution >= 4 is 11.9 Å². The van der Waals surface area contributed by atoms with E-state index in [1.165, 1.54) is 0 Å². The predicted molar refractivity (Wildman–Crippen MR) is 61.7 cm³/mol. The number of nitrogens with one attached hydrogen (secondary N) is 1. The fourth-order valence-corrected chi connectivity index (χ4v) is 1.27. The van der Waals surface area contributed by atoms with Gasteiger partial charge < -0.3 is 15.8 Å². The van der Waals surface area contributed by atoms with Gasteiger partial charge in [-0.2, -0.15) is 0 Å². The van der Waals surface area contributed by atoms with Crippen LogP contribution in [0.25, 0.3) is 0 Å². The smallest absolute Gasteiger partial charge is 0.307 e. The minimum Gasteiger partial charge on any atom is -0.466 e. The maximum Gasteiger partial charge on any atom is 0.307 e. The van der Waals surface area contributed by atoms with E-state index in [9.17, 15) is 9.59 Å². The van der Waals surface area contributed by atoms with Crippen LogP contribution in [0.5, 0.6) is 0 Å². The van der Waals surface area contributed by atoms with Gasteiger partial charge in [0.05, 0.1) is 19.1 Å². The number of ether oxygens (including phenoxy) is 1. The summed E-state index contributed by atoms with van der Waals surface area (Å²) in [4.78, 5) is 22.4. The summed E-state index contributed by atoms with van der Waals surface area (Å²) in [5.41, 5.74) is 5.67. The van der Waals surface area contributed by atoms with Crippen molar-refractivity contribution in [2.75, 3.05) is 13.2 Å². The summed E-state index contributed by atoms with van der Waals surface area (Å²) in [5, 5.41) is 2.61. The standard InChI is InChI=1S/C11H22N2O3/c1-4-16-10(14)5-6-13-11(15)9(12)7-8(2)3/h8-9H,4-7,12H2,1-3H3,(H,13,15). The summed E-state index contributed by atoms with van der Waals surface area (Å²) in [6.45, 7) is 6.40. The highest BCUT2D eigenvalue weighted by Gasteiger charge is 2.14. The predicted octanol–water partition coefficient (Wildman–Crippen LogP) is 0.429. The Labute approximate surface area is 96.7 Å². The Hall–Kier alpha value is -1.10. The summed E-state index contributed by atoms with van der Waals surface area (Å²) < 4.78 is 4.73. The second-order valence-corrected chi connectivity index (χ2v) is 4.08. The van der Waals surface area contributed by atoms with E-state index in [0.29, 0.717) is 18.9 Å². The molecule has 0 aliphatic carbocycles. The van der Waals surface area contributed by atoms with E-state index in [-0.39, 0.29) is 24.8 Å². The van der Waals surface area contributed by atoms with Gasteiger partial charge in [0.2, 0.25) is 5.91 Å². The van der Waals surface area contributed by atoms with Crippen LogP contribution in [0.2, 0.25) is 0 Å². The first-order valence-electron chi connectivity index (χ1n) is 5.66. The number of amides is 1. The third-order valence-corrected chi connectivity index (χ3v) is 2.00. The molecule has 0 rings (SSSR count). The summed E-state index contributed by atoms with van der Waals surface area (Å²) >= 11 is 0. The van der Waals surface area contributed by atoms with Crippen molar-refractivity contribution in [2.45, 2.75) is 39.7 Å². The van der Waals surface area contributed by atoms with Gasteiger partial charge in [0, 0.05) is 6.54 Å². The van der Waals surface area contributed by atoms with Gasteiger partial charge in [-0.15, -0.1) is 0 Å². The van der Waals surface area contributed by atoms with Crippen molar-refractivity contribution in [2.24, 2.45) is 11.7 Å². The Kier molecular flexibility index (Phi) is 7.54. The van der Waals surface area contributed by atoms with Crippen LogP contribution in [0, 0.1) is 5.92 Å². The van der Waals surface area contributed by atoms with E-state index >= 15 is 0 Å². The number of hydrogen-bond acceptors (Lipinski definition) is 4. The molecule has 1 atom stereocenters. The van der Waals surface area contributed by atoms with Gasteiger partial charge in [-0.1, -0.05) is 13.8 Å². The number of carbonyl (C=O) groups is 2. The maximum absolute atomic E-state index is 11.4. The van der Waals surface area contributed by atoms with Gasteiger partial charge in [-0.05, 0) is 19.3 Å². The summed E-state index contributed by atoms with van der Waals surface area (Å²) in [6.07, 6.45) is 0.833. The Morgan fingerprint density at radius 1 is 1.38 bits per heavy atom. The van der Waals surface area contributed by atoms with Crippen molar-refractivity contribution in [3.05, 3.63) is 0 Å². The monoisotopic (exact) mass is 230 g/mol. The molecule has 0 bridgehead atoms. The lowest BCUT2D eigenvalue weighted by atomic mass is 10.0. The van der Waals surface area contributed by atoms with Crippen LogP contribution in [0.4, 0.5) is 0 Å². The zero-order chi connectivity index (χ0) is 12.6. The molecule has 1 unspecified atom stereocenters. The molecule has 0 aliphatic heterocycles. The quantitative estimate of drug-likeness (QED) is 0.621. The lowest BCUT2D eigenvalue weighted by Crippen LogP contribution is -2.42. The Morgan fingerprint density at radius 2 is 2.00 bits per heavy atom. The average Bonchev–Trinajstić information content (AvgIpc) is 2.16. The summed E-state index contributed by atoms with van der Waals surface area (Å²) in [5.74, 6) is -0.135. The molecule has 0 spiro atoms. The van der Waals surface area contributed by atoms with Crippen molar-refractivity contribution in [1.29, 1.82) is 0 Å². The van der Waals surface area contributed by atoms with E-state index in [2.05, 4.69) is 5.32 Å². The molecule has 0 heterocycles. The zero-order valence-corrected chi connectivity index (χ0v) is 10.3. The molecule has 16 heavy (non-hydrogen) atoms. The van der Waals surface area contributed by atoms with E-state index in [1.807, 2.05) is 13.8 Å². The highest BCUT2D eigenvalue weighted by molar-refractivity contribution is 5.82. The topological polar surface area (TPSA) is 81.4 Å². The lowest BCUT2D eigenvalue weighted by molar-refractivity contribution is -0.143. The Balaban J connectivity index is 3.68. The van der Waals surface area contributed by atoms with Crippen molar-refractivity contribution in [3.63, 3.8) is 0 Å². The average molecular weight is 230 g/mol. The minimum absolute atomic E-state index is 0.188. The first-order chi connectivity index (χ1) is 7.47. The fourth-order valence-electron chi connectivity index (χ4n) is 1.27. The number of hydrogen-bond donors (Lipinski definition) is 2. The number of rotatable bonds is 7. The second kappa shape index (κ2) is 8.10. The van der Waals surface area contributed by atoms with Crippen LogP contribution < -0.4 is 11.1 Å². The third-order valence-electron chi connectivity index (χ3n) is 2.00. The van der Waals surface area contributed by atoms with E-state index in [4.69, 9.17) is 10.5 Å². The van der Waals surface area contributed by atoms with Crippen molar-refractivity contribution in [3.8, 4) is 0 Å². The zero-order valence-electron chi connectivity index (χ0n) is 10.3. The molecule has 5 nitrogen and oxygen atoms in total. The Bertz CT molecular complexity index is 229. The molecule has 0 aliphatic rings. The van der Waals surface area contributed by atoms with Crippen LogP contribution in [0.15, 0.2) is 0 Å². The number of carbonyl (C=O) groups excluding carboxylic acids is 2. The molecule has 0 saturated heterocycles. The number of nitrogens with two attached hydrogens (primary N) is 1. The van der Waals surface area contributed by atoms with Crippen molar-refractivity contribution < 1.29 is 14.3 Å². The molecule has 0 aromatic rings. The molecule has 0 saturated carbocycles.